The maximum Gasteiger partial charge on any atom is 0.252 e. The normalized spacial score (nSPS) is 21.6. The number of piperidine rings is 1. The third-order valence-electron chi connectivity index (χ3n) is 6.42. The van der Waals surface area contributed by atoms with Crippen molar-refractivity contribution in [3.05, 3.63) is 39.2 Å². The van der Waals surface area contributed by atoms with Gasteiger partial charge < -0.3 is 4.74 Å². The Morgan fingerprint density at radius 1 is 1.23 bits per heavy atom. The number of aryl methyl sites for hydroxylation is 1. The molecule has 2 aliphatic heterocycles. The number of benzene rings is 1. The number of thiazole rings is 1. The van der Waals surface area contributed by atoms with Gasteiger partial charge in [0.1, 0.15) is 4.21 Å². The molecular weight excluding hydrogens is 549 g/mol. The summed E-state index contributed by atoms with van der Waals surface area (Å²) in [6, 6.07) is 6.82. The van der Waals surface area contributed by atoms with Gasteiger partial charge >= 0.3 is 0 Å². The molecule has 2 atom stereocenters. The molecule has 0 bridgehead atoms. The fourth-order valence-electron chi connectivity index (χ4n) is 4.66. The molecule has 4 heterocycles. The van der Waals surface area contributed by atoms with Crippen molar-refractivity contribution >= 4 is 77.2 Å². The number of carbonyl (C=O) groups is 1. The van der Waals surface area contributed by atoms with Crippen LogP contribution in [0.3, 0.4) is 0 Å². The molecule has 0 spiro atoms. The molecule has 1 amide bonds. The number of sulfonamides is 1. The average molecular weight is 575 g/mol. The molecule has 0 N–H and O–H groups in total. The number of hydrogen-bond donors (Lipinski definition) is 0. The lowest BCUT2D eigenvalue weighted by molar-refractivity contribution is -0.123. The highest BCUT2D eigenvalue weighted by Crippen LogP contribution is 2.36. The van der Waals surface area contributed by atoms with Crippen LogP contribution in [-0.4, -0.2) is 56.0 Å². The second-order valence-corrected chi connectivity index (χ2v) is 14.2. The van der Waals surface area contributed by atoms with E-state index in [0.717, 1.165) is 40.0 Å². The molecule has 2 fully saturated rings. The van der Waals surface area contributed by atoms with Crippen LogP contribution >= 0.6 is 45.9 Å². The molecular formula is C23H25Cl2N3O4S3. The largest absolute Gasteiger partial charge is 0.376 e. The van der Waals surface area contributed by atoms with Gasteiger partial charge in [-0.2, -0.15) is 4.31 Å². The third kappa shape index (κ3) is 5.25. The van der Waals surface area contributed by atoms with E-state index in [1.807, 2.05) is 19.1 Å². The highest BCUT2D eigenvalue weighted by molar-refractivity contribution is 7.91. The molecule has 2 aromatic heterocycles. The Kier molecular flexibility index (Phi) is 7.43. The first-order valence-electron chi connectivity index (χ1n) is 11.5. The van der Waals surface area contributed by atoms with Gasteiger partial charge in [0, 0.05) is 24.7 Å². The number of halogens is 2. The molecule has 1 aromatic carbocycles. The van der Waals surface area contributed by atoms with Crippen molar-refractivity contribution in [2.45, 2.75) is 42.9 Å². The van der Waals surface area contributed by atoms with E-state index in [2.05, 4.69) is 0 Å². The summed E-state index contributed by atoms with van der Waals surface area (Å²) in [6.45, 7) is 3.54. The summed E-state index contributed by atoms with van der Waals surface area (Å²) in [5, 5.41) is 1.22. The Labute approximate surface area is 222 Å². The minimum absolute atomic E-state index is 0.0627. The van der Waals surface area contributed by atoms with Crippen molar-refractivity contribution in [1.82, 2.24) is 9.29 Å². The van der Waals surface area contributed by atoms with Crippen LogP contribution in [0.25, 0.3) is 10.2 Å². The van der Waals surface area contributed by atoms with Gasteiger partial charge in [0.2, 0.25) is 5.91 Å². The molecule has 2 aliphatic rings. The van der Waals surface area contributed by atoms with Crippen molar-refractivity contribution in [2.24, 2.45) is 5.92 Å². The number of carbonyl (C=O) groups excluding carboxylic acids is 1. The summed E-state index contributed by atoms with van der Waals surface area (Å²) in [6.07, 6.45) is 3.00. The number of aromatic nitrogens is 1. The molecule has 3 aromatic rings. The lowest BCUT2D eigenvalue weighted by atomic mass is 9.98. The van der Waals surface area contributed by atoms with Crippen molar-refractivity contribution in [1.29, 1.82) is 0 Å². The second-order valence-electron chi connectivity index (χ2n) is 8.91. The SMILES string of the molecule is Cc1cc(Cl)cc2sc(N(CC3CCCO3)C(=O)C3CCCN(S(=O)(=O)c4ccc(Cl)s4)C3)nc12. The first-order valence-corrected chi connectivity index (χ1v) is 15.3. The molecule has 12 heteroatoms. The fraction of sp³-hybridized carbons (Fsp3) is 0.478. The zero-order chi connectivity index (χ0) is 24.7. The summed E-state index contributed by atoms with van der Waals surface area (Å²) in [5.41, 5.74) is 1.77. The Bertz CT molecular complexity index is 1350. The van der Waals surface area contributed by atoms with Gasteiger partial charge in [0.25, 0.3) is 10.0 Å². The van der Waals surface area contributed by atoms with E-state index in [9.17, 15) is 13.2 Å². The molecule has 188 valence electrons. The van der Waals surface area contributed by atoms with Crippen LogP contribution in [0.4, 0.5) is 5.13 Å². The number of fused-ring (bicyclic) bond motifs is 1. The fourth-order valence-corrected chi connectivity index (χ4v) is 9.25. The molecule has 35 heavy (non-hydrogen) atoms. The van der Waals surface area contributed by atoms with Gasteiger partial charge in [-0.25, -0.2) is 13.4 Å². The quantitative estimate of drug-likeness (QED) is 0.384. The van der Waals surface area contributed by atoms with Crippen LogP contribution in [0, 0.1) is 12.8 Å². The topological polar surface area (TPSA) is 79.8 Å². The lowest BCUT2D eigenvalue weighted by Crippen LogP contribution is -2.48. The monoisotopic (exact) mass is 573 g/mol. The maximum absolute atomic E-state index is 13.9. The highest BCUT2D eigenvalue weighted by Gasteiger charge is 2.37. The zero-order valence-corrected chi connectivity index (χ0v) is 23.0. The summed E-state index contributed by atoms with van der Waals surface area (Å²) in [4.78, 5) is 20.4. The lowest BCUT2D eigenvalue weighted by Gasteiger charge is -2.34. The molecule has 5 rings (SSSR count). The zero-order valence-electron chi connectivity index (χ0n) is 19.1. The number of nitrogens with zero attached hydrogens (tertiary/aromatic N) is 3. The molecule has 0 radical (unpaired) electrons. The van der Waals surface area contributed by atoms with Crippen molar-refractivity contribution in [3.8, 4) is 0 Å². The number of amides is 1. The molecule has 2 saturated heterocycles. The molecule has 0 saturated carbocycles. The molecule has 2 unspecified atom stereocenters. The summed E-state index contributed by atoms with van der Waals surface area (Å²) in [5.74, 6) is -0.584. The van der Waals surface area contributed by atoms with Crippen LogP contribution in [-0.2, 0) is 19.6 Å². The Morgan fingerprint density at radius 3 is 2.77 bits per heavy atom. The predicted molar refractivity (Wildman–Crippen MR) is 142 cm³/mol. The predicted octanol–water partition coefficient (Wildman–Crippen LogP) is 5.59. The maximum atomic E-state index is 13.9. The minimum Gasteiger partial charge on any atom is -0.376 e. The summed E-state index contributed by atoms with van der Waals surface area (Å²) >= 11 is 14.7. The van der Waals surface area contributed by atoms with Crippen molar-refractivity contribution in [2.75, 3.05) is 31.1 Å². The molecule has 7 nitrogen and oxygen atoms in total. The van der Waals surface area contributed by atoms with Crippen LogP contribution in [0.2, 0.25) is 9.36 Å². The van der Waals surface area contributed by atoms with Crippen LogP contribution in [0.5, 0.6) is 0 Å². The summed E-state index contributed by atoms with van der Waals surface area (Å²) in [7, 11) is -3.71. The number of anilines is 1. The van der Waals surface area contributed by atoms with Crippen molar-refractivity contribution in [3.63, 3.8) is 0 Å². The van der Waals surface area contributed by atoms with E-state index in [4.69, 9.17) is 32.9 Å². The highest BCUT2D eigenvalue weighted by atomic mass is 35.5. The third-order valence-corrected chi connectivity index (χ3v) is 11.2. The standard InChI is InChI=1S/C23H25Cl2N3O4S3/c1-14-10-16(24)11-18-21(14)26-23(33-18)28(13-17-5-3-9-32-17)22(29)15-4-2-8-27(12-15)35(30,31)20-7-6-19(25)34-20/h6-7,10-11,15,17H,2-5,8-9,12-13H2,1H3. The van der Waals surface area contributed by atoms with Crippen molar-refractivity contribution < 1.29 is 17.9 Å². The minimum atomic E-state index is -3.71. The van der Waals surface area contributed by atoms with E-state index >= 15 is 0 Å². The number of hydrogen-bond acceptors (Lipinski definition) is 7. The van der Waals surface area contributed by atoms with Gasteiger partial charge in [-0.15, -0.1) is 11.3 Å². The van der Waals surface area contributed by atoms with Gasteiger partial charge in [0.15, 0.2) is 5.13 Å². The smallest absolute Gasteiger partial charge is 0.252 e. The Balaban J connectivity index is 1.43. The number of ether oxygens (including phenoxy) is 1. The van der Waals surface area contributed by atoms with E-state index in [1.54, 1.807) is 11.0 Å². The van der Waals surface area contributed by atoms with Gasteiger partial charge in [-0.1, -0.05) is 34.5 Å². The van der Waals surface area contributed by atoms with Crippen LogP contribution in [0.15, 0.2) is 28.5 Å². The van der Waals surface area contributed by atoms with E-state index in [0.29, 0.717) is 47.0 Å². The average Bonchev–Trinajstić information content (AvgIpc) is 3.58. The summed E-state index contributed by atoms with van der Waals surface area (Å²) < 4.78 is 35.2. The van der Waals surface area contributed by atoms with Gasteiger partial charge in [-0.3, -0.25) is 9.69 Å². The van der Waals surface area contributed by atoms with Crippen LogP contribution in [0.1, 0.15) is 31.2 Å². The first kappa shape index (κ1) is 25.4. The van der Waals surface area contributed by atoms with E-state index in [1.165, 1.54) is 21.7 Å². The molecule has 0 aliphatic carbocycles. The van der Waals surface area contributed by atoms with Gasteiger partial charge in [0.05, 0.1) is 33.1 Å². The van der Waals surface area contributed by atoms with E-state index in [-0.39, 0.29) is 22.8 Å². The van der Waals surface area contributed by atoms with E-state index < -0.39 is 15.9 Å². The van der Waals surface area contributed by atoms with Gasteiger partial charge in [-0.05, 0) is 62.4 Å². The Hall–Kier alpha value is -1.27. The first-order chi connectivity index (χ1) is 16.7. The number of thiophene rings is 1. The second kappa shape index (κ2) is 10.2. The number of rotatable bonds is 6. The van der Waals surface area contributed by atoms with Crippen LogP contribution < -0.4 is 4.90 Å². The Morgan fingerprint density at radius 2 is 2.06 bits per heavy atom.